The molecule has 9 aromatic carbocycles. The fourth-order valence-corrected chi connectivity index (χ4v) is 8.56. The number of anilines is 3. The molecule has 0 radical (unpaired) electrons. The van der Waals surface area contributed by atoms with E-state index >= 15 is 0 Å². The fraction of sp³-hybridized carbons (Fsp3) is 0. The Bertz CT molecular complexity index is 3180. The highest BCUT2D eigenvalue weighted by Gasteiger charge is 2.20. The summed E-state index contributed by atoms with van der Waals surface area (Å²) in [7, 11) is 0. The molecule has 0 aliphatic rings. The van der Waals surface area contributed by atoms with Crippen molar-refractivity contribution in [1.29, 1.82) is 0 Å². The Morgan fingerprint density at radius 3 is 1.61 bits per heavy atom. The molecule has 0 fully saturated rings. The van der Waals surface area contributed by atoms with Gasteiger partial charge in [0.2, 0.25) is 0 Å². The Balaban J connectivity index is 1.12. The number of hydrogen-bond donors (Lipinski definition) is 0. The van der Waals surface area contributed by atoms with E-state index in [1.165, 1.54) is 32.9 Å². The van der Waals surface area contributed by atoms with Gasteiger partial charge < -0.3 is 13.9 Å². The zero-order chi connectivity index (χ0) is 37.7. The van der Waals surface area contributed by atoms with Crippen LogP contribution in [0.2, 0.25) is 0 Å². The van der Waals surface area contributed by atoms with Crippen molar-refractivity contribution in [3.8, 4) is 39.1 Å². The molecule has 2 heterocycles. The maximum Gasteiger partial charge on any atom is 0.143 e. The van der Waals surface area contributed by atoms with Gasteiger partial charge in [0.1, 0.15) is 11.2 Å². The second-order valence-electron chi connectivity index (χ2n) is 14.5. The topological polar surface area (TPSA) is 21.3 Å². The van der Waals surface area contributed by atoms with Gasteiger partial charge in [0.15, 0.2) is 0 Å². The van der Waals surface area contributed by atoms with E-state index in [4.69, 9.17) is 4.42 Å². The van der Waals surface area contributed by atoms with Crippen molar-refractivity contribution in [3.63, 3.8) is 0 Å². The van der Waals surface area contributed by atoms with E-state index in [2.05, 4.69) is 216 Å². The maximum atomic E-state index is 6.52. The minimum Gasteiger partial charge on any atom is -0.455 e. The highest BCUT2D eigenvalue weighted by atomic mass is 16.3. The molecule has 0 amide bonds. The number of furan rings is 1. The summed E-state index contributed by atoms with van der Waals surface area (Å²) in [5, 5.41) is 4.73. The normalized spacial score (nSPS) is 11.5. The Kier molecular flexibility index (Phi) is 7.82. The van der Waals surface area contributed by atoms with E-state index < -0.39 is 0 Å². The lowest BCUT2D eigenvalue weighted by Gasteiger charge is -2.28. The van der Waals surface area contributed by atoms with Crippen LogP contribution < -0.4 is 4.90 Å². The molecule has 3 nitrogen and oxygen atoms in total. The Labute approximate surface area is 330 Å². The van der Waals surface area contributed by atoms with Gasteiger partial charge in [0, 0.05) is 49.7 Å². The quantitative estimate of drug-likeness (QED) is 0.163. The monoisotopic (exact) mass is 728 g/mol. The number of para-hydroxylation sites is 4. The molecular weight excluding hydrogens is 693 g/mol. The molecule has 268 valence electrons. The first-order valence-electron chi connectivity index (χ1n) is 19.4. The van der Waals surface area contributed by atoms with E-state index in [0.29, 0.717) is 0 Å². The molecule has 0 spiro atoms. The van der Waals surface area contributed by atoms with Gasteiger partial charge >= 0.3 is 0 Å². The van der Waals surface area contributed by atoms with Crippen LogP contribution >= 0.6 is 0 Å². The lowest BCUT2D eigenvalue weighted by molar-refractivity contribution is 0.670. The summed E-state index contributed by atoms with van der Waals surface area (Å²) in [6.07, 6.45) is 0. The first-order valence-corrected chi connectivity index (χ1v) is 19.4. The van der Waals surface area contributed by atoms with Gasteiger partial charge in [-0.05, 0) is 82.9 Å². The van der Waals surface area contributed by atoms with E-state index in [1.807, 2.05) is 12.1 Å². The summed E-state index contributed by atoms with van der Waals surface area (Å²) < 4.78 is 8.94. The van der Waals surface area contributed by atoms with Gasteiger partial charge in [-0.3, -0.25) is 0 Å². The minimum absolute atomic E-state index is 0.896. The molecule has 0 saturated heterocycles. The van der Waals surface area contributed by atoms with Gasteiger partial charge in [0.25, 0.3) is 0 Å². The van der Waals surface area contributed by atoms with Crippen LogP contribution in [0, 0.1) is 0 Å². The van der Waals surface area contributed by atoms with E-state index in [9.17, 15) is 0 Å². The smallest absolute Gasteiger partial charge is 0.143 e. The third-order valence-corrected chi connectivity index (χ3v) is 11.2. The minimum atomic E-state index is 0.896. The lowest BCUT2D eigenvalue weighted by atomic mass is 9.99. The van der Waals surface area contributed by atoms with Crippen LogP contribution in [0.25, 0.3) is 82.8 Å². The molecule has 2 aromatic heterocycles. The largest absolute Gasteiger partial charge is 0.455 e. The summed E-state index contributed by atoms with van der Waals surface area (Å²) in [5.74, 6) is 0. The average molecular weight is 729 g/mol. The molecular formula is C54H36N2O. The van der Waals surface area contributed by atoms with Crippen molar-refractivity contribution < 1.29 is 4.42 Å². The van der Waals surface area contributed by atoms with Crippen LogP contribution in [-0.2, 0) is 0 Å². The number of hydrogen-bond acceptors (Lipinski definition) is 2. The summed E-state index contributed by atoms with van der Waals surface area (Å²) in [6, 6.07) is 78.1. The van der Waals surface area contributed by atoms with Crippen molar-refractivity contribution in [2.75, 3.05) is 4.90 Å². The van der Waals surface area contributed by atoms with E-state index in [0.717, 1.165) is 66.9 Å². The summed E-state index contributed by atoms with van der Waals surface area (Å²) in [5.41, 5.74) is 15.3. The van der Waals surface area contributed by atoms with Gasteiger partial charge in [-0.2, -0.15) is 0 Å². The molecule has 11 aromatic rings. The predicted molar refractivity (Wildman–Crippen MR) is 239 cm³/mol. The highest BCUT2D eigenvalue weighted by Crippen LogP contribution is 2.43. The number of benzene rings is 9. The van der Waals surface area contributed by atoms with Crippen LogP contribution in [0.1, 0.15) is 0 Å². The molecule has 0 aliphatic carbocycles. The predicted octanol–water partition coefficient (Wildman–Crippen LogP) is 15.2. The van der Waals surface area contributed by atoms with E-state index in [1.54, 1.807) is 0 Å². The molecule has 3 heteroatoms. The number of fused-ring (bicyclic) bond motifs is 6. The Hall–Kier alpha value is -7.62. The average Bonchev–Trinajstić information content (AvgIpc) is 3.84. The molecule has 0 bridgehead atoms. The Morgan fingerprint density at radius 2 is 0.877 bits per heavy atom. The molecule has 0 unspecified atom stereocenters. The van der Waals surface area contributed by atoms with Crippen LogP contribution in [-0.4, -0.2) is 4.57 Å². The van der Waals surface area contributed by atoms with Gasteiger partial charge in [-0.1, -0.05) is 158 Å². The highest BCUT2D eigenvalue weighted by molar-refractivity contribution is 6.11. The number of rotatable bonds is 7. The van der Waals surface area contributed by atoms with Gasteiger partial charge in [0.05, 0.1) is 16.7 Å². The SMILES string of the molecule is c1ccc(-c2ccc(N(c3cccc(-c4cccc5c4oc4ccccc45)c3)c3ccc(-n4c5ccccc5c5ccccc54)c(-c4ccccc4)c3)cc2)cc1. The van der Waals surface area contributed by atoms with Gasteiger partial charge in [-0.25, -0.2) is 0 Å². The second kappa shape index (κ2) is 13.6. The zero-order valence-corrected chi connectivity index (χ0v) is 31.1. The summed E-state index contributed by atoms with van der Waals surface area (Å²) >= 11 is 0. The van der Waals surface area contributed by atoms with Gasteiger partial charge in [-0.15, -0.1) is 0 Å². The molecule has 0 aliphatic heterocycles. The van der Waals surface area contributed by atoms with Crippen molar-refractivity contribution in [2.45, 2.75) is 0 Å². The van der Waals surface area contributed by atoms with E-state index in [-0.39, 0.29) is 0 Å². The van der Waals surface area contributed by atoms with Crippen LogP contribution in [0.15, 0.2) is 223 Å². The number of aromatic nitrogens is 1. The number of nitrogens with zero attached hydrogens (tertiary/aromatic N) is 2. The molecule has 0 saturated carbocycles. The van der Waals surface area contributed by atoms with Crippen molar-refractivity contribution >= 4 is 60.8 Å². The van der Waals surface area contributed by atoms with Crippen LogP contribution in [0.4, 0.5) is 17.1 Å². The van der Waals surface area contributed by atoms with Crippen LogP contribution in [0.3, 0.4) is 0 Å². The lowest BCUT2D eigenvalue weighted by Crippen LogP contribution is -2.11. The standard InChI is InChI=1S/C54H36N2O/c1-3-15-37(16-4-1)38-29-31-41(32-30-38)55(42-20-13-19-40(35-42)44-24-14-25-48-47-23-9-12-28-53(47)57-54(44)48)43-33-34-52(49(36-43)39-17-5-2-6-18-39)56-50-26-10-7-21-45(50)46-22-8-11-27-51(46)56/h1-36H. The Morgan fingerprint density at radius 1 is 0.333 bits per heavy atom. The summed E-state index contributed by atoms with van der Waals surface area (Å²) in [6.45, 7) is 0. The van der Waals surface area contributed by atoms with Crippen molar-refractivity contribution in [2.24, 2.45) is 0 Å². The zero-order valence-electron chi connectivity index (χ0n) is 31.1. The van der Waals surface area contributed by atoms with Crippen LogP contribution in [0.5, 0.6) is 0 Å². The van der Waals surface area contributed by atoms with Crippen molar-refractivity contribution in [1.82, 2.24) is 4.57 Å². The molecule has 0 N–H and O–H groups in total. The summed E-state index contributed by atoms with van der Waals surface area (Å²) in [4.78, 5) is 2.37. The molecule has 57 heavy (non-hydrogen) atoms. The van der Waals surface area contributed by atoms with Crippen molar-refractivity contribution in [3.05, 3.63) is 218 Å². The maximum absolute atomic E-state index is 6.52. The fourth-order valence-electron chi connectivity index (χ4n) is 8.56. The molecule has 0 atom stereocenters. The first kappa shape index (κ1) is 32.8. The molecule has 11 rings (SSSR count). The first-order chi connectivity index (χ1) is 28.3. The third-order valence-electron chi connectivity index (χ3n) is 11.2. The second-order valence-corrected chi connectivity index (χ2v) is 14.5. The third kappa shape index (κ3) is 5.60.